The molecule has 1 saturated carbocycles. The molecule has 3 aromatic rings. The fraction of sp³-hybridized carbons (Fsp3) is 0.394. The minimum Gasteiger partial charge on any atom is -0.497 e. The molecule has 0 aromatic heterocycles. The number of carbonyl (C=O) groups is 2. The summed E-state index contributed by atoms with van der Waals surface area (Å²) in [6, 6.07) is 22.3. The van der Waals surface area contributed by atoms with E-state index in [1.165, 1.54) is 7.11 Å². The number of benzene rings is 3. The smallest absolute Gasteiger partial charge is 0.264 e. The van der Waals surface area contributed by atoms with E-state index in [0.29, 0.717) is 24.3 Å². The highest BCUT2D eigenvalue weighted by Gasteiger charge is 2.34. The Labute approximate surface area is 249 Å². The molecule has 2 amide bonds. The SMILES string of the molecule is CC[C@@H](C(=O)NC1CCCC1)N(CCc1ccccc1)C(=O)CN(c1ccc(OC)cc1)S(=O)(=O)c1ccc(C)cc1. The van der Waals surface area contributed by atoms with E-state index in [4.69, 9.17) is 4.74 Å². The fourth-order valence-electron chi connectivity index (χ4n) is 5.38. The summed E-state index contributed by atoms with van der Waals surface area (Å²) >= 11 is 0. The van der Waals surface area contributed by atoms with Crippen LogP contribution in [0.5, 0.6) is 5.75 Å². The summed E-state index contributed by atoms with van der Waals surface area (Å²) in [4.78, 5) is 29.3. The Hall–Kier alpha value is -3.85. The molecule has 9 heteroatoms. The van der Waals surface area contributed by atoms with Crippen LogP contribution >= 0.6 is 0 Å². The summed E-state index contributed by atoms with van der Waals surface area (Å²) in [7, 11) is -2.58. The van der Waals surface area contributed by atoms with Gasteiger partial charge in [0, 0.05) is 12.6 Å². The predicted octanol–water partition coefficient (Wildman–Crippen LogP) is 5.11. The van der Waals surface area contributed by atoms with Crippen molar-refractivity contribution in [2.45, 2.75) is 69.4 Å². The van der Waals surface area contributed by atoms with Crippen molar-refractivity contribution in [1.29, 1.82) is 0 Å². The molecule has 224 valence electrons. The number of ether oxygens (including phenoxy) is 1. The number of amides is 2. The minimum absolute atomic E-state index is 0.0820. The van der Waals surface area contributed by atoms with Crippen molar-refractivity contribution in [3.8, 4) is 5.75 Å². The molecule has 8 nitrogen and oxygen atoms in total. The van der Waals surface area contributed by atoms with Crippen LogP contribution in [0.3, 0.4) is 0 Å². The number of hydrogen-bond donors (Lipinski definition) is 1. The van der Waals surface area contributed by atoms with Gasteiger partial charge in [-0.05, 0) is 74.6 Å². The van der Waals surface area contributed by atoms with Crippen molar-refractivity contribution in [3.05, 3.63) is 90.0 Å². The molecule has 0 heterocycles. The molecule has 4 rings (SSSR count). The zero-order valence-corrected chi connectivity index (χ0v) is 25.5. The van der Waals surface area contributed by atoms with Gasteiger partial charge >= 0.3 is 0 Å². The van der Waals surface area contributed by atoms with Crippen LogP contribution in [-0.4, -0.2) is 57.4 Å². The van der Waals surface area contributed by atoms with Gasteiger partial charge in [-0.15, -0.1) is 0 Å². The first-order valence-electron chi connectivity index (χ1n) is 14.6. The van der Waals surface area contributed by atoms with Crippen LogP contribution in [-0.2, 0) is 26.0 Å². The normalized spacial score (nSPS) is 14.3. The van der Waals surface area contributed by atoms with Crippen LogP contribution in [0.25, 0.3) is 0 Å². The second-order valence-corrected chi connectivity index (χ2v) is 12.6. The van der Waals surface area contributed by atoms with Gasteiger partial charge < -0.3 is 15.0 Å². The molecule has 42 heavy (non-hydrogen) atoms. The van der Waals surface area contributed by atoms with Crippen LogP contribution in [0.1, 0.15) is 50.2 Å². The molecular weight excluding hydrogens is 550 g/mol. The average Bonchev–Trinajstić information content (AvgIpc) is 3.51. The Kier molecular flexibility index (Phi) is 10.6. The second-order valence-electron chi connectivity index (χ2n) is 10.8. The van der Waals surface area contributed by atoms with E-state index < -0.39 is 28.5 Å². The van der Waals surface area contributed by atoms with Gasteiger partial charge in [-0.2, -0.15) is 0 Å². The van der Waals surface area contributed by atoms with Crippen molar-refractivity contribution in [2.75, 3.05) is 24.5 Å². The maximum atomic E-state index is 14.2. The average molecular weight is 592 g/mol. The van der Waals surface area contributed by atoms with Gasteiger partial charge in [0.05, 0.1) is 17.7 Å². The van der Waals surface area contributed by atoms with E-state index in [1.54, 1.807) is 53.4 Å². The Morgan fingerprint density at radius 3 is 2.19 bits per heavy atom. The van der Waals surface area contributed by atoms with Crippen LogP contribution in [0.4, 0.5) is 5.69 Å². The molecule has 1 N–H and O–H groups in total. The number of methoxy groups -OCH3 is 1. The monoisotopic (exact) mass is 591 g/mol. The lowest BCUT2D eigenvalue weighted by Gasteiger charge is -2.33. The van der Waals surface area contributed by atoms with Gasteiger partial charge in [0.25, 0.3) is 10.0 Å². The van der Waals surface area contributed by atoms with E-state index in [2.05, 4.69) is 5.32 Å². The van der Waals surface area contributed by atoms with Crippen LogP contribution in [0.15, 0.2) is 83.8 Å². The molecule has 3 aromatic carbocycles. The molecule has 0 bridgehead atoms. The summed E-state index contributed by atoms with van der Waals surface area (Å²) in [5.74, 6) is -0.0639. The predicted molar refractivity (Wildman–Crippen MR) is 165 cm³/mol. The number of rotatable bonds is 13. The highest BCUT2D eigenvalue weighted by atomic mass is 32.2. The highest BCUT2D eigenvalue weighted by Crippen LogP contribution is 2.27. The quantitative estimate of drug-likeness (QED) is 0.298. The van der Waals surface area contributed by atoms with Crippen molar-refractivity contribution in [1.82, 2.24) is 10.2 Å². The summed E-state index contributed by atoms with van der Waals surface area (Å²) in [6.07, 6.45) is 4.96. The molecule has 1 aliphatic rings. The molecule has 0 aliphatic heterocycles. The first kappa shape index (κ1) is 31.1. The number of sulfonamides is 1. The van der Waals surface area contributed by atoms with Crippen molar-refractivity contribution >= 4 is 27.5 Å². The Morgan fingerprint density at radius 1 is 0.952 bits per heavy atom. The topological polar surface area (TPSA) is 96.0 Å². The summed E-state index contributed by atoms with van der Waals surface area (Å²) < 4.78 is 34.4. The van der Waals surface area contributed by atoms with Gasteiger partial charge in [-0.3, -0.25) is 13.9 Å². The molecule has 0 unspecified atom stereocenters. The number of anilines is 1. The fourth-order valence-corrected chi connectivity index (χ4v) is 6.79. The minimum atomic E-state index is -4.11. The van der Waals surface area contributed by atoms with Gasteiger partial charge in [-0.25, -0.2) is 8.42 Å². The second kappa shape index (κ2) is 14.4. The third-order valence-corrected chi connectivity index (χ3v) is 9.61. The van der Waals surface area contributed by atoms with E-state index in [0.717, 1.165) is 41.1 Å². The highest BCUT2D eigenvalue weighted by molar-refractivity contribution is 7.92. The third kappa shape index (κ3) is 7.70. The van der Waals surface area contributed by atoms with Gasteiger partial charge in [0.15, 0.2) is 0 Å². The third-order valence-electron chi connectivity index (χ3n) is 7.82. The molecule has 0 radical (unpaired) electrons. The number of nitrogens with zero attached hydrogens (tertiary/aromatic N) is 2. The summed E-state index contributed by atoms with van der Waals surface area (Å²) in [6.45, 7) is 3.59. The van der Waals surface area contributed by atoms with Gasteiger partial charge in [0.1, 0.15) is 18.3 Å². The molecule has 0 saturated heterocycles. The van der Waals surface area contributed by atoms with Crippen molar-refractivity contribution in [3.63, 3.8) is 0 Å². The maximum Gasteiger partial charge on any atom is 0.264 e. The van der Waals surface area contributed by atoms with Gasteiger partial charge in [-0.1, -0.05) is 67.8 Å². The number of nitrogens with one attached hydrogen (secondary N) is 1. The lowest BCUT2D eigenvalue weighted by atomic mass is 10.1. The molecule has 1 fully saturated rings. The van der Waals surface area contributed by atoms with Gasteiger partial charge in [0.2, 0.25) is 11.8 Å². The van der Waals surface area contributed by atoms with E-state index in [9.17, 15) is 18.0 Å². The molecule has 1 atom stereocenters. The Morgan fingerprint density at radius 2 is 1.60 bits per heavy atom. The zero-order valence-electron chi connectivity index (χ0n) is 24.7. The molecular formula is C33H41N3O5S. The van der Waals surface area contributed by atoms with E-state index in [1.807, 2.05) is 44.2 Å². The van der Waals surface area contributed by atoms with E-state index in [-0.39, 0.29) is 23.4 Å². The summed E-state index contributed by atoms with van der Waals surface area (Å²) in [5.41, 5.74) is 2.28. The van der Waals surface area contributed by atoms with Crippen LogP contribution in [0.2, 0.25) is 0 Å². The lowest BCUT2D eigenvalue weighted by molar-refractivity contribution is -0.139. The Bertz CT molecular complexity index is 1420. The standard InChI is InChI=1S/C33H41N3O5S/c1-4-31(33(38)34-27-12-8-9-13-27)35(23-22-26-10-6-5-7-11-26)32(37)24-36(28-16-18-29(41-3)19-17-28)42(39,40)30-20-14-25(2)15-21-30/h5-7,10-11,14-21,27,31H,4,8-9,12-13,22-24H2,1-3H3,(H,34,38)/t31-/m0/s1. The van der Waals surface area contributed by atoms with Crippen molar-refractivity contribution < 1.29 is 22.7 Å². The first-order valence-corrected chi connectivity index (χ1v) is 16.0. The zero-order chi connectivity index (χ0) is 30.1. The Balaban J connectivity index is 1.67. The lowest BCUT2D eigenvalue weighted by Crippen LogP contribution is -2.54. The van der Waals surface area contributed by atoms with Crippen LogP contribution < -0.4 is 14.4 Å². The number of aryl methyl sites for hydroxylation is 1. The van der Waals surface area contributed by atoms with Crippen LogP contribution in [0, 0.1) is 6.92 Å². The largest absolute Gasteiger partial charge is 0.497 e. The molecule has 1 aliphatic carbocycles. The van der Waals surface area contributed by atoms with E-state index >= 15 is 0 Å². The molecule has 0 spiro atoms. The summed E-state index contributed by atoms with van der Waals surface area (Å²) in [5, 5.41) is 3.14. The maximum absolute atomic E-state index is 14.2. The van der Waals surface area contributed by atoms with Crippen molar-refractivity contribution in [2.24, 2.45) is 0 Å². The first-order chi connectivity index (χ1) is 20.2. The number of carbonyl (C=O) groups excluding carboxylic acids is 2. The number of hydrogen-bond acceptors (Lipinski definition) is 5.